The van der Waals surface area contributed by atoms with Gasteiger partial charge in [0.1, 0.15) is 5.69 Å². The first-order valence-corrected chi connectivity index (χ1v) is 11.3. The van der Waals surface area contributed by atoms with Crippen molar-refractivity contribution < 1.29 is 4.79 Å². The molecule has 0 N–H and O–H groups in total. The highest BCUT2D eigenvalue weighted by molar-refractivity contribution is 6.11. The van der Waals surface area contributed by atoms with E-state index in [1.54, 1.807) is 18.5 Å². The van der Waals surface area contributed by atoms with Gasteiger partial charge in [-0.1, -0.05) is 18.2 Å². The number of rotatable bonds is 4. The predicted molar refractivity (Wildman–Crippen MR) is 127 cm³/mol. The van der Waals surface area contributed by atoms with E-state index in [0.717, 1.165) is 47.9 Å². The van der Waals surface area contributed by atoms with Crippen LogP contribution < -0.4 is 0 Å². The number of benzene rings is 1. The molecule has 0 atom stereocenters. The SMILES string of the molecule is CC(C)n1c2ccccc2c2c1cc(C(=O)N1CCC(N(C)C)CC1)n2-c1ncccn1. The number of carbonyl (C=O) groups is 1. The summed E-state index contributed by atoms with van der Waals surface area (Å²) in [5.41, 5.74) is 3.82. The van der Waals surface area contributed by atoms with E-state index in [-0.39, 0.29) is 11.9 Å². The number of aromatic nitrogens is 4. The second kappa shape index (κ2) is 8.06. The van der Waals surface area contributed by atoms with Crippen LogP contribution in [0.25, 0.3) is 27.9 Å². The van der Waals surface area contributed by atoms with Crippen molar-refractivity contribution in [3.63, 3.8) is 0 Å². The van der Waals surface area contributed by atoms with Gasteiger partial charge in [0.15, 0.2) is 0 Å². The van der Waals surface area contributed by atoms with Gasteiger partial charge in [0.2, 0.25) is 5.95 Å². The maximum absolute atomic E-state index is 13.8. The number of piperidine rings is 1. The molecule has 0 radical (unpaired) electrons. The van der Waals surface area contributed by atoms with Crippen LogP contribution in [0, 0.1) is 0 Å². The number of nitrogens with zero attached hydrogens (tertiary/aromatic N) is 6. The minimum absolute atomic E-state index is 0.0465. The quantitative estimate of drug-likeness (QED) is 0.489. The monoisotopic (exact) mass is 430 g/mol. The second-order valence-corrected chi connectivity index (χ2v) is 9.12. The highest BCUT2D eigenvalue weighted by Gasteiger charge is 2.30. The first kappa shape index (κ1) is 20.7. The van der Waals surface area contributed by atoms with Crippen LogP contribution >= 0.6 is 0 Å². The van der Waals surface area contributed by atoms with E-state index in [2.05, 4.69) is 65.6 Å². The van der Waals surface area contributed by atoms with Crippen molar-refractivity contribution >= 4 is 27.8 Å². The summed E-state index contributed by atoms with van der Waals surface area (Å²) < 4.78 is 4.26. The summed E-state index contributed by atoms with van der Waals surface area (Å²) in [6.07, 6.45) is 5.43. The summed E-state index contributed by atoms with van der Waals surface area (Å²) in [6.45, 7) is 5.88. The van der Waals surface area contributed by atoms with Gasteiger partial charge in [-0.15, -0.1) is 0 Å². The molecule has 0 aliphatic carbocycles. The van der Waals surface area contributed by atoms with E-state index in [1.807, 2.05) is 21.6 Å². The zero-order valence-electron chi connectivity index (χ0n) is 19.2. The van der Waals surface area contributed by atoms with Gasteiger partial charge in [0, 0.05) is 43.0 Å². The molecule has 0 saturated carbocycles. The minimum atomic E-state index is 0.0465. The summed E-state index contributed by atoms with van der Waals surface area (Å²) >= 11 is 0. The maximum Gasteiger partial charge on any atom is 0.271 e. The molecule has 4 aromatic rings. The minimum Gasteiger partial charge on any atom is -0.337 e. The van der Waals surface area contributed by atoms with Gasteiger partial charge in [-0.2, -0.15) is 0 Å². The Balaban J connectivity index is 1.69. The Morgan fingerprint density at radius 1 is 1.03 bits per heavy atom. The Morgan fingerprint density at radius 3 is 2.38 bits per heavy atom. The zero-order chi connectivity index (χ0) is 22.4. The van der Waals surface area contributed by atoms with Crippen LogP contribution in [0.3, 0.4) is 0 Å². The third-order valence-corrected chi connectivity index (χ3v) is 6.63. The fraction of sp³-hybridized carbons (Fsp3) is 0.400. The third-order valence-electron chi connectivity index (χ3n) is 6.63. The largest absolute Gasteiger partial charge is 0.337 e. The van der Waals surface area contributed by atoms with Crippen LogP contribution in [0.5, 0.6) is 0 Å². The topological polar surface area (TPSA) is 59.2 Å². The fourth-order valence-corrected chi connectivity index (χ4v) is 5.03. The highest BCUT2D eigenvalue weighted by Crippen LogP contribution is 2.36. The van der Waals surface area contributed by atoms with Crippen molar-refractivity contribution in [2.75, 3.05) is 27.2 Å². The number of likely N-dealkylation sites (tertiary alicyclic amines) is 1. The molecule has 0 bridgehead atoms. The molecule has 1 aliphatic heterocycles. The third kappa shape index (κ3) is 3.28. The summed E-state index contributed by atoms with van der Waals surface area (Å²) in [7, 11) is 4.23. The van der Waals surface area contributed by atoms with Crippen LogP contribution in [-0.2, 0) is 0 Å². The molecule has 1 fully saturated rings. The molecule has 1 aromatic carbocycles. The van der Waals surface area contributed by atoms with Crippen LogP contribution in [0.1, 0.15) is 43.2 Å². The Kier molecular flexibility index (Phi) is 5.21. The number of hydrogen-bond donors (Lipinski definition) is 0. The van der Waals surface area contributed by atoms with Gasteiger partial charge in [-0.25, -0.2) is 9.97 Å². The summed E-state index contributed by atoms with van der Waals surface area (Å²) in [5, 5.41) is 1.11. The molecule has 3 aromatic heterocycles. The molecular formula is C25H30N6O. The molecular weight excluding hydrogens is 400 g/mol. The van der Waals surface area contributed by atoms with E-state index in [4.69, 9.17) is 0 Å². The molecule has 7 nitrogen and oxygen atoms in total. The van der Waals surface area contributed by atoms with Crippen LogP contribution in [0.15, 0.2) is 48.8 Å². The molecule has 4 heterocycles. The number of amides is 1. The molecule has 0 spiro atoms. The summed E-state index contributed by atoms with van der Waals surface area (Å²) in [5.74, 6) is 0.575. The first-order valence-electron chi connectivity index (χ1n) is 11.3. The lowest BCUT2D eigenvalue weighted by atomic mass is 10.0. The van der Waals surface area contributed by atoms with Crippen molar-refractivity contribution in [3.05, 3.63) is 54.5 Å². The van der Waals surface area contributed by atoms with Crippen molar-refractivity contribution in [1.82, 2.24) is 28.9 Å². The molecule has 1 amide bonds. The maximum atomic E-state index is 13.8. The van der Waals surface area contributed by atoms with E-state index < -0.39 is 0 Å². The second-order valence-electron chi connectivity index (χ2n) is 9.12. The molecule has 166 valence electrons. The molecule has 1 aliphatic rings. The lowest BCUT2D eigenvalue weighted by molar-refractivity contribution is 0.0655. The lowest BCUT2D eigenvalue weighted by Gasteiger charge is -2.35. The zero-order valence-corrected chi connectivity index (χ0v) is 19.2. The molecule has 1 saturated heterocycles. The van der Waals surface area contributed by atoms with E-state index >= 15 is 0 Å². The lowest BCUT2D eigenvalue weighted by Crippen LogP contribution is -2.44. The Morgan fingerprint density at radius 2 is 1.72 bits per heavy atom. The van der Waals surface area contributed by atoms with Crippen molar-refractivity contribution in [3.8, 4) is 5.95 Å². The van der Waals surface area contributed by atoms with Gasteiger partial charge in [-0.3, -0.25) is 9.36 Å². The molecule has 32 heavy (non-hydrogen) atoms. The van der Waals surface area contributed by atoms with E-state index in [1.165, 1.54) is 0 Å². The van der Waals surface area contributed by atoms with Crippen molar-refractivity contribution in [1.29, 1.82) is 0 Å². The van der Waals surface area contributed by atoms with Crippen LogP contribution in [0.2, 0.25) is 0 Å². The molecule has 0 unspecified atom stereocenters. The average molecular weight is 431 g/mol. The van der Waals surface area contributed by atoms with Crippen molar-refractivity contribution in [2.24, 2.45) is 0 Å². The van der Waals surface area contributed by atoms with Crippen LogP contribution in [-0.4, -0.2) is 68.0 Å². The normalized spacial score (nSPS) is 15.5. The Hall–Kier alpha value is -3.19. The number of hydrogen-bond acceptors (Lipinski definition) is 4. The fourth-order valence-electron chi connectivity index (χ4n) is 5.03. The highest BCUT2D eigenvalue weighted by atomic mass is 16.2. The average Bonchev–Trinajstić information content (AvgIpc) is 3.34. The molecule has 5 rings (SSSR count). The number of carbonyl (C=O) groups excluding carboxylic acids is 1. The summed E-state index contributed by atoms with van der Waals surface area (Å²) in [6, 6.07) is 13.0. The van der Waals surface area contributed by atoms with Gasteiger partial charge in [0.25, 0.3) is 5.91 Å². The van der Waals surface area contributed by atoms with Crippen molar-refractivity contribution in [2.45, 2.75) is 38.8 Å². The Labute approximate surface area is 188 Å². The van der Waals surface area contributed by atoms with E-state index in [9.17, 15) is 4.79 Å². The van der Waals surface area contributed by atoms with Gasteiger partial charge in [-0.05, 0) is 59.0 Å². The number of para-hydroxylation sites is 1. The van der Waals surface area contributed by atoms with E-state index in [0.29, 0.717) is 17.7 Å². The Bertz CT molecular complexity index is 1260. The first-order chi connectivity index (χ1) is 15.5. The van der Waals surface area contributed by atoms with Gasteiger partial charge < -0.3 is 14.4 Å². The standard InChI is InChI=1S/C25H30N6O/c1-17(2)30-20-9-6-5-8-19(20)23-21(30)16-22(31(23)25-26-12-7-13-27-25)24(32)29-14-10-18(11-15-29)28(3)4/h5-9,12-13,16-18H,10-11,14-15H2,1-4H3. The summed E-state index contributed by atoms with van der Waals surface area (Å²) in [4.78, 5) is 27.1. The number of fused-ring (bicyclic) bond motifs is 3. The smallest absolute Gasteiger partial charge is 0.271 e. The van der Waals surface area contributed by atoms with Gasteiger partial charge >= 0.3 is 0 Å². The predicted octanol–water partition coefficient (Wildman–Crippen LogP) is 4.12. The van der Waals surface area contributed by atoms with Gasteiger partial charge in [0.05, 0.1) is 16.6 Å². The molecule has 7 heteroatoms. The van der Waals surface area contributed by atoms with Crippen LogP contribution in [0.4, 0.5) is 0 Å².